The summed E-state index contributed by atoms with van der Waals surface area (Å²) in [4.78, 5) is 19.3. The van der Waals surface area contributed by atoms with Crippen LogP contribution in [-0.4, -0.2) is 26.2 Å². The number of amides is 1. The van der Waals surface area contributed by atoms with Gasteiger partial charge in [-0.15, -0.1) is 0 Å². The number of pyridine rings is 1. The standard InChI is InChI=1S/C18H15Cl2N3O/c19-12-4-7-16(20)15(9-12)18(24)23(13-5-6-13)11-14-10-21-17-3-1-2-8-22(14)17/h1-4,7-10,13H,5-6,11H2. The number of benzene rings is 1. The van der Waals surface area contributed by atoms with Gasteiger partial charge in [-0.3, -0.25) is 4.79 Å². The minimum absolute atomic E-state index is 0.0871. The van der Waals surface area contributed by atoms with Crippen LogP contribution >= 0.6 is 23.2 Å². The van der Waals surface area contributed by atoms with E-state index in [-0.39, 0.29) is 11.9 Å². The molecule has 6 heteroatoms. The molecule has 2 aromatic heterocycles. The van der Waals surface area contributed by atoms with Gasteiger partial charge in [-0.05, 0) is 43.2 Å². The molecule has 0 N–H and O–H groups in total. The van der Waals surface area contributed by atoms with Crippen molar-refractivity contribution in [2.45, 2.75) is 25.4 Å². The first-order chi connectivity index (χ1) is 11.6. The number of imidazole rings is 1. The zero-order chi connectivity index (χ0) is 16.7. The molecule has 4 nitrogen and oxygen atoms in total. The number of nitrogens with zero attached hydrogens (tertiary/aromatic N) is 3. The fraction of sp³-hybridized carbons (Fsp3) is 0.222. The van der Waals surface area contributed by atoms with Gasteiger partial charge in [-0.25, -0.2) is 4.98 Å². The fourth-order valence-corrected chi connectivity index (χ4v) is 3.22. The first-order valence-corrected chi connectivity index (χ1v) is 8.56. The van der Waals surface area contributed by atoms with E-state index in [1.54, 1.807) is 18.2 Å². The van der Waals surface area contributed by atoms with Crippen LogP contribution in [0, 0.1) is 0 Å². The Hall–Kier alpha value is -2.04. The van der Waals surface area contributed by atoms with E-state index in [1.807, 2.05) is 39.9 Å². The molecule has 1 fully saturated rings. The summed E-state index contributed by atoms with van der Waals surface area (Å²) < 4.78 is 2.00. The van der Waals surface area contributed by atoms with Crippen molar-refractivity contribution >= 4 is 34.8 Å². The number of carbonyl (C=O) groups is 1. The zero-order valence-corrected chi connectivity index (χ0v) is 14.3. The van der Waals surface area contributed by atoms with E-state index in [0.29, 0.717) is 22.2 Å². The van der Waals surface area contributed by atoms with Crippen LogP contribution in [0.2, 0.25) is 10.0 Å². The monoisotopic (exact) mass is 359 g/mol. The summed E-state index contributed by atoms with van der Waals surface area (Å²) in [6.07, 6.45) is 5.80. The third-order valence-corrected chi connectivity index (χ3v) is 4.80. The van der Waals surface area contributed by atoms with Gasteiger partial charge in [-0.1, -0.05) is 29.3 Å². The lowest BCUT2D eigenvalue weighted by molar-refractivity contribution is 0.0727. The number of carbonyl (C=O) groups excluding carboxylic acids is 1. The topological polar surface area (TPSA) is 37.6 Å². The number of hydrogen-bond donors (Lipinski definition) is 0. The maximum absolute atomic E-state index is 13.0. The third-order valence-electron chi connectivity index (χ3n) is 4.23. The molecule has 0 atom stereocenters. The molecule has 0 saturated heterocycles. The highest BCUT2D eigenvalue weighted by atomic mass is 35.5. The molecule has 0 radical (unpaired) electrons. The smallest absolute Gasteiger partial charge is 0.256 e. The number of halogens is 2. The molecule has 1 saturated carbocycles. The maximum atomic E-state index is 13.0. The Morgan fingerprint density at radius 1 is 1.25 bits per heavy atom. The molecule has 24 heavy (non-hydrogen) atoms. The van der Waals surface area contributed by atoms with Gasteiger partial charge < -0.3 is 9.30 Å². The molecular weight excluding hydrogens is 345 g/mol. The lowest BCUT2D eigenvalue weighted by atomic mass is 10.2. The Balaban J connectivity index is 1.67. The van der Waals surface area contributed by atoms with Crippen LogP contribution in [0.4, 0.5) is 0 Å². The van der Waals surface area contributed by atoms with Gasteiger partial charge in [0, 0.05) is 17.3 Å². The van der Waals surface area contributed by atoms with Crippen molar-refractivity contribution in [1.29, 1.82) is 0 Å². The Morgan fingerprint density at radius 3 is 2.88 bits per heavy atom. The zero-order valence-electron chi connectivity index (χ0n) is 12.8. The number of hydrogen-bond acceptors (Lipinski definition) is 2. The van der Waals surface area contributed by atoms with Gasteiger partial charge in [0.2, 0.25) is 0 Å². The molecule has 1 aliphatic carbocycles. The fourth-order valence-electron chi connectivity index (χ4n) is 2.85. The molecule has 1 aromatic carbocycles. The van der Waals surface area contributed by atoms with Crippen molar-refractivity contribution in [3.63, 3.8) is 0 Å². The highest BCUT2D eigenvalue weighted by Gasteiger charge is 2.34. The van der Waals surface area contributed by atoms with E-state index in [9.17, 15) is 4.79 Å². The summed E-state index contributed by atoms with van der Waals surface area (Å²) in [6, 6.07) is 11.1. The first kappa shape index (κ1) is 15.5. The molecule has 2 heterocycles. The van der Waals surface area contributed by atoms with Gasteiger partial charge in [-0.2, -0.15) is 0 Å². The summed E-state index contributed by atoms with van der Waals surface area (Å²) in [5, 5.41) is 0.932. The quantitative estimate of drug-likeness (QED) is 0.690. The van der Waals surface area contributed by atoms with E-state index in [0.717, 1.165) is 24.2 Å². The van der Waals surface area contributed by atoms with Gasteiger partial charge in [0.25, 0.3) is 5.91 Å². The minimum atomic E-state index is -0.0871. The average molecular weight is 360 g/mol. The van der Waals surface area contributed by atoms with Crippen LogP contribution in [0.1, 0.15) is 28.9 Å². The summed E-state index contributed by atoms with van der Waals surface area (Å²) in [5.41, 5.74) is 2.30. The molecule has 0 spiro atoms. The normalized spacial score (nSPS) is 14.1. The van der Waals surface area contributed by atoms with Crippen molar-refractivity contribution in [3.8, 4) is 0 Å². The Kier molecular flexibility index (Phi) is 3.94. The van der Waals surface area contributed by atoms with Crippen molar-refractivity contribution in [3.05, 3.63) is 70.1 Å². The second-order valence-corrected chi connectivity index (χ2v) is 6.81. The summed E-state index contributed by atoms with van der Waals surface area (Å²) >= 11 is 12.3. The van der Waals surface area contributed by atoms with Crippen LogP contribution in [0.25, 0.3) is 5.65 Å². The van der Waals surface area contributed by atoms with Crippen molar-refractivity contribution in [2.75, 3.05) is 0 Å². The van der Waals surface area contributed by atoms with E-state index in [1.165, 1.54) is 0 Å². The van der Waals surface area contributed by atoms with E-state index >= 15 is 0 Å². The van der Waals surface area contributed by atoms with Crippen LogP contribution in [0.5, 0.6) is 0 Å². The molecule has 1 amide bonds. The minimum Gasteiger partial charge on any atom is -0.330 e. The van der Waals surface area contributed by atoms with Crippen LogP contribution < -0.4 is 0 Å². The van der Waals surface area contributed by atoms with Gasteiger partial charge >= 0.3 is 0 Å². The Morgan fingerprint density at radius 2 is 2.08 bits per heavy atom. The second kappa shape index (κ2) is 6.11. The largest absolute Gasteiger partial charge is 0.330 e. The van der Waals surface area contributed by atoms with Crippen LogP contribution in [-0.2, 0) is 6.54 Å². The van der Waals surface area contributed by atoms with Gasteiger partial charge in [0.05, 0.1) is 29.0 Å². The number of fused-ring (bicyclic) bond motifs is 1. The molecule has 0 bridgehead atoms. The third kappa shape index (κ3) is 2.87. The van der Waals surface area contributed by atoms with Crippen LogP contribution in [0.15, 0.2) is 48.8 Å². The predicted octanol–water partition coefficient (Wildman–Crippen LogP) is 4.45. The highest BCUT2D eigenvalue weighted by molar-refractivity contribution is 6.35. The highest BCUT2D eigenvalue weighted by Crippen LogP contribution is 2.32. The van der Waals surface area contributed by atoms with E-state index in [4.69, 9.17) is 23.2 Å². The van der Waals surface area contributed by atoms with E-state index in [2.05, 4.69) is 4.98 Å². The Labute approximate surface area is 149 Å². The predicted molar refractivity (Wildman–Crippen MR) is 94.5 cm³/mol. The SMILES string of the molecule is O=C(c1cc(Cl)ccc1Cl)N(Cc1cnc2ccccn12)C1CC1. The van der Waals surface area contributed by atoms with Crippen molar-refractivity contribution in [2.24, 2.45) is 0 Å². The molecule has 3 aromatic rings. The maximum Gasteiger partial charge on any atom is 0.256 e. The molecule has 0 unspecified atom stereocenters. The lowest BCUT2D eigenvalue weighted by Gasteiger charge is -2.23. The number of rotatable bonds is 4. The lowest BCUT2D eigenvalue weighted by Crippen LogP contribution is -2.33. The summed E-state index contributed by atoms with van der Waals surface area (Å²) in [5.74, 6) is -0.0871. The second-order valence-electron chi connectivity index (χ2n) is 5.97. The van der Waals surface area contributed by atoms with Crippen molar-refractivity contribution < 1.29 is 4.79 Å². The van der Waals surface area contributed by atoms with Gasteiger partial charge in [0.1, 0.15) is 5.65 Å². The molecular formula is C18H15Cl2N3O. The number of aromatic nitrogens is 2. The molecule has 0 aliphatic heterocycles. The molecule has 122 valence electrons. The van der Waals surface area contributed by atoms with Crippen molar-refractivity contribution in [1.82, 2.24) is 14.3 Å². The van der Waals surface area contributed by atoms with Gasteiger partial charge in [0.15, 0.2) is 0 Å². The Bertz CT molecular complexity index is 918. The van der Waals surface area contributed by atoms with E-state index < -0.39 is 0 Å². The summed E-state index contributed by atoms with van der Waals surface area (Å²) in [6.45, 7) is 0.498. The average Bonchev–Trinajstić information content (AvgIpc) is 3.35. The molecule has 4 rings (SSSR count). The molecule has 1 aliphatic rings. The first-order valence-electron chi connectivity index (χ1n) is 7.80. The van der Waals surface area contributed by atoms with Crippen LogP contribution in [0.3, 0.4) is 0 Å². The summed E-state index contributed by atoms with van der Waals surface area (Å²) in [7, 11) is 0.